The maximum Gasteiger partial charge on any atom is 0.319 e. The van der Waals surface area contributed by atoms with Crippen molar-refractivity contribution in [2.24, 2.45) is 17.8 Å². The quantitative estimate of drug-likeness (QED) is 0.689. The zero-order valence-electron chi connectivity index (χ0n) is 11.5. The van der Waals surface area contributed by atoms with Crippen LogP contribution in [0.3, 0.4) is 0 Å². The van der Waals surface area contributed by atoms with Gasteiger partial charge in [0.1, 0.15) is 0 Å². The molecule has 0 radical (unpaired) electrons. The van der Waals surface area contributed by atoms with Crippen molar-refractivity contribution in [3.8, 4) is 0 Å². The number of methoxy groups -OCH3 is 1. The van der Waals surface area contributed by atoms with Crippen LogP contribution in [0.5, 0.6) is 0 Å². The topological polar surface area (TPSA) is 49.9 Å². The molecule has 106 valence electrons. The first-order valence-corrected chi connectivity index (χ1v) is 7.27. The van der Waals surface area contributed by atoms with Gasteiger partial charge in [-0.3, -0.25) is 14.5 Å². The Balaban J connectivity index is 1.42. The lowest BCUT2D eigenvalue weighted by atomic mass is 10.2. The number of amides is 1. The highest BCUT2D eigenvalue weighted by molar-refractivity contribution is 5.82. The minimum absolute atomic E-state index is 0.198. The maximum absolute atomic E-state index is 12.3. The Kier molecular flexibility index (Phi) is 3.48. The molecular formula is C14H22N2O3. The van der Waals surface area contributed by atoms with Crippen LogP contribution in [-0.2, 0) is 14.3 Å². The molecule has 0 aromatic heterocycles. The van der Waals surface area contributed by atoms with E-state index in [1.807, 2.05) is 4.90 Å². The molecule has 0 N–H and O–H groups in total. The Bertz CT molecular complexity index is 373. The molecule has 3 aliphatic rings. The second-order valence-corrected chi connectivity index (χ2v) is 6.02. The molecule has 1 amide bonds. The predicted molar refractivity (Wildman–Crippen MR) is 69.4 cm³/mol. The third-order valence-corrected chi connectivity index (χ3v) is 4.65. The summed E-state index contributed by atoms with van der Waals surface area (Å²) in [5.41, 5.74) is 0. The summed E-state index contributed by atoms with van der Waals surface area (Å²) in [6.07, 6.45) is 3.79. The van der Waals surface area contributed by atoms with Gasteiger partial charge >= 0.3 is 5.97 Å². The van der Waals surface area contributed by atoms with E-state index < -0.39 is 0 Å². The molecule has 19 heavy (non-hydrogen) atoms. The summed E-state index contributed by atoms with van der Waals surface area (Å²) in [6, 6.07) is 0. The van der Waals surface area contributed by atoms with Gasteiger partial charge in [-0.1, -0.05) is 0 Å². The molecule has 2 aliphatic carbocycles. The monoisotopic (exact) mass is 266 g/mol. The number of carbonyl (C=O) groups is 2. The van der Waals surface area contributed by atoms with Gasteiger partial charge in [-0.15, -0.1) is 0 Å². The van der Waals surface area contributed by atoms with Crippen LogP contribution in [0.2, 0.25) is 0 Å². The van der Waals surface area contributed by atoms with Crippen molar-refractivity contribution < 1.29 is 14.3 Å². The van der Waals surface area contributed by atoms with Crippen molar-refractivity contribution in [3.63, 3.8) is 0 Å². The smallest absolute Gasteiger partial charge is 0.319 e. The van der Waals surface area contributed by atoms with Gasteiger partial charge in [-0.25, -0.2) is 0 Å². The van der Waals surface area contributed by atoms with E-state index in [9.17, 15) is 9.59 Å². The van der Waals surface area contributed by atoms with Crippen LogP contribution < -0.4 is 0 Å². The molecule has 1 aliphatic heterocycles. The third kappa shape index (κ3) is 2.91. The molecule has 0 unspecified atom stereocenters. The van der Waals surface area contributed by atoms with Gasteiger partial charge in [0.05, 0.1) is 13.7 Å². The van der Waals surface area contributed by atoms with Crippen LogP contribution in [0.1, 0.15) is 19.3 Å². The zero-order valence-corrected chi connectivity index (χ0v) is 11.5. The van der Waals surface area contributed by atoms with E-state index in [2.05, 4.69) is 9.64 Å². The van der Waals surface area contributed by atoms with Crippen LogP contribution in [0, 0.1) is 17.8 Å². The van der Waals surface area contributed by atoms with E-state index in [0.29, 0.717) is 24.3 Å². The molecule has 2 saturated carbocycles. The summed E-state index contributed by atoms with van der Waals surface area (Å²) in [5.74, 6) is 2.03. The van der Waals surface area contributed by atoms with Gasteiger partial charge in [0.25, 0.3) is 0 Å². The lowest BCUT2D eigenvalue weighted by Crippen LogP contribution is -2.50. The van der Waals surface area contributed by atoms with Crippen LogP contribution in [0.4, 0.5) is 0 Å². The number of rotatable bonds is 4. The first-order chi connectivity index (χ1) is 9.19. The van der Waals surface area contributed by atoms with Crippen molar-refractivity contribution in [2.75, 3.05) is 39.8 Å². The van der Waals surface area contributed by atoms with E-state index in [1.54, 1.807) is 0 Å². The van der Waals surface area contributed by atoms with Crippen molar-refractivity contribution in [3.05, 3.63) is 0 Å². The third-order valence-electron chi connectivity index (χ3n) is 4.65. The molecule has 3 fully saturated rings. The molecular weight excluding hydrogens is 244 g/mol. The molecule has 0 aromatic rings. The van der Waals surface area contributed by atoms with Gasteiger partial charge in [-0.05, 0) is 31.1 Å². The number of piperazine rings is 1. The summed E-state index contributed by atoms with van der Waals surface area (Å²) in [5, 5.41) is 0. The lowest BCUT2D eigenvalue weighted by molar-refractivity contribution is -0.142. The number of ether oxygens (including phenoxy) is 1. The van der Waals surface area contributed by atoms with Gasteiger partial charge in [-0.2, -0.15) is 0 Å². The van der Waals surface area contributed by atoms with Crippen LogP contribution in [-0.4, -0.2) is 61.5 Å². The van der Waals surface area contributed by atoms with E-state index in [4.69, 9.17) is 0 Å². The lowest BCUT2D eigenvalue weighted by Gasteiger charge is -2.34. The second kappa shape index (κ2) is 5.12. The van der Waals surface area contributed by atoms with Crippen LogP contribution >= 0.6 is 0 Å². The molecule has 2 atom stereocenters. The number of carbonyl (C=O) groups excluding carboxylic acids is 2. The van der Waals surface area contributed by atoms with Gasteiger partial charge in [0.15, 0.2) is 0 Å². The highest BCUT2D eigenvalue weighted by Gasteiger charge is 2.52. The Morgan fingerprint density at radius 3 is 2.42 bits per heavy atom. The zero-order chi connectivity index (χ0) is 13.4. The largest absolute Gasteiger partial charge is 0.468 e. The minimum atomic E-state index is -0.198. The first kappa shape index (κ1) is 12.9. The second-order valence-electron chi connectivity index (χ2n) is 6.02. The average molecular weight is 266 g/mol. The molecule has 3 rings (SSSR count). The molecule has 0 bridgehead atoms. The van der Waals surface area contributed by atoms with Crippen molar-refractivity contribution >= 4 is 11.9 Å². The molecule has 5 heteroatoms. The Morgan fingerprint density at radius 2 is 1.84 bits per heavy atom. The number of esters is 1. The van der Waals surface area contributed by atoms with Crippen molar-refractivity contribution in [1.29, 1.82) is 0 Å². The summed E-state index contributed by atoms with van der Waals surface area (Å²) in [7, 11) is 1.41. The van der Waals surface area contributed by atoms with E-state index in [1.165, 1.54) is 20.0 Å². The summed E-state index contributed by atoms with van der Waals surface area (Å²) in [4.78, 5) is 27.5. The standard InChI is InChI=1S/C14H22N2O3/c1-19-13(17)9-15-4-6-16(7-5-15)14(18)12-8-11(12)10-2-3-10/h10-12H,2-9H2,1H3/t11-,12+/m1/s1. The fourth-order valence-corrected chi connectivity index (χ4v) is 3.15. The van der Waals surface area contributed by atoms with E-state index in [0.717, 1.165) is 38.5 Å². The Hall–Kier alpha value is -1.10. The maximum atomic E-state index is 12.3. The molecule has 1 saturated heterocycles. The fourth-order valence-electron chi connectivity index (χ4n) is 3.15. The Labute approximate surface area is 113 Å². The van der Waals surface area contributed by atoms with E-state index >= 15 is 0 Å². The fraction of sp³-hybridized carbons (Fsp3) is 0.857. The van der Waals surface area contributed by atoms with Crippen LogP contribution in [0.25, 0.3) is 0 Å². The van der Waals surface area contributed by atoms with Gasteiger partial charge < -0.3 is 9.64 Å². The Morgan fingerprint density at radius 1 is 1.16 bits per heavy atom. The number of nitrogens with zero attached hydrogens (tertiary/aromatic N) is 2. The molecule has 1 heterocycles. The highest BCUT2D eigenvalue weighted by Crippen LogP contribution is 2.54. The SMILES string of the molecule is COC(=O)CN1CCN(C(=O)[C@H]2C[C@@H]2C2CC2)CC1. The number of hydrogen-bond donors (Lipinski definition) is 0. The first-order valence-electron chi connectivity index (χ1n) is 7.27. The summed E-state index contributed by atoms with van der Waals surface area (Å²) >= 11 is 0. The highest BCUT2D eigenvalue weighted by atomic mass is 16.5. The predicted octanol–water partition coefficient (Wildman–Crippen LogP) is 0.350. The average Bonchev–Trinajstić information content (AvgIpc) is 3.29. The summed E-state index contributed by atoms with van der Waals surface area (Å²) in [6.45, 7) is 3.41. The summed E-state index contributed by atoms with van der Waals surface area (Å²) < 4.78 is 4.66. The van der Waals surface area contributed by atoms with Gasteiger partial charge in [0, 0.05) is 32.1 Å². The normalized spacial score (nSPS) is 31.1. The molecule has 5 nitrogen and oxygen atoms in total. The van der Waals surface area contributed by atoms with Crippen molar-refractivity contribution in [2.45, 2.75) is 19.3 Å². The minimum Gasteiger partial charge on any atom is -0.468 e. The van der Waals surface area contributed by atoms with Crippen molar-refractivity contribution in [1.82, 2.24) is 9.80 Å². The van der Waals surface area contributed by atoms with E-state index in [-0.39, 0.29) is 5.97 Å². The molecule has 0 spiro atoms. The van der Waals surface area contributed by atoms with Gasteiger partial charge in [0.2, 0.25) is 5.91 Å². The number of hydrogen-bond acceptors (Lipinski definition) is 4. The molecule has 0 aromatic carbocycles. The van der Waals surface area contributed by atoms with Crippen LogP contribution in [0.15, 0.2) is 0 Å².